The van der Waals surface area contributed by atoms with E-state index < -0.39 is 11.7 Å². The quantitative estimate of drug-likeness (QED) is 0.759. The molecule has 10 heteroatoms. The van der Waals surface area contributed by atoms with Crippen LogP contribution in [0.4, 0.5) is 23.7 Å². The number of pyridine rings is 1. The first-order chi connectivity index (χ1) is 15.8. The molecular formula is C23H23F3N6O. The first-order valence-corrected chi connectivity index (χ1v) is 10.7. The number of anilines is 1. The number of fused-ring (bicyclic) bond motifs is 1. The summed E-state index contributed by atoms with van der Waals surface area (Å²) in [5.74, 6) is 1.49. The zero-order valence-electron chi connectivity index (χ0n) is 18.0. The molecule has 3 aliphatic rings. The summed E-state index contributed by atoms with van der Waals surface area (Å²) in [5.41, 5.74) is 0.849. The summed E-state index contributed by atoms with van der Waals surface area (Å²) in [6, 6.07) is 10.4. The number of halogens is 3. The van der Waals surface area contributed by atoms with Crippen LogP contribution in [0.15, 0.2) is 65.7 Å². The minimum Gasteiger partial charge on any atom is -0.326 e. The lowest BCUT2D eigenvalue weighted by atomic mass is 9.96. The third-order valence-corrected chi connectivity index (χ3v) is 6.23. The van der Waals surface area contributed by atoms with Gasteiger partial charge in [-0.2, -0.15) is 13.2 Å². The normalized spacial score (nSPS) is 23.3. The molecule has 1 aromatic heterocycles. The molecule has 1 N–H and O–H groups in total. The van der Waals surface area contributed by atoms with Gasteiger partial charge in [0.1, 0.15) is 12.5 Å². The number of amides is 2. The van der Waals surface area contributed by atoms with Crippen molar-refractivity contribution in [2.75, 3.05) is 24.7 Å². The zero-order chi connectivity index (χ0) is 23.2. The molecule has 172 valence electrons. The lowest BCUT2D eigenvalue weighted by molar-refractivity contribution is -0.137. The third-order valence-electron chi connectivity index (χ3n) is 6.23. The maximum absolute atomic E-state index is 12.9. The van der Waals surface area contributed by atoms with E-state index in [-0.39, 0.29) is 18.6 Å². The Morgan fingerprint density at radius 1 is 1.12 bits per heavy atom. The van der Waals surface area contributed by atoms with Crippen LogP contribution in [0, 0.1) is 11.8 Å². The first-order valence-electron chi connectivity index (χ1n) is 10.7. The number of likely N-dealkylation sites (tertiary alicyclic amines) is 1. The summed E-state index contributed by atoms with van der Waals surface area (Å²) in [6.07, 6.45) is -0.908. The molecule has 33 heavy (non-hydrogen) atoms. The van der Waals surface area contributed by atoms with E-state index in [0.29, 0.717) is 23.3 Å². The van der Waals surface area contributed by atoms with E-state index in [1.807, 2.05) is 18.2 Å². The molecule has 4 heterocycles. The Kier molecular flexibility index (Phi) is 5.32. The number of aliphatic imine (C=N–C) groups is 1. The van der Waals surface area contributed by atoms with Gasteiger partial charge in [-0.05, 0) is 42.3 Å². The van der Waals surface area contributed by atoms with E-state index in [0.717, 1.165) is 37.5 Å². The van der Waals surface area contributed by atoms with Crippen molar-refractivity contribution in [2.45, 2.75) is 19.6 Å². The van der Waals surface area contributed by atoms with Gasteiger partial charge in [0.2, 0.25) is 0 Å². The molecule has 5 rings (SSSR count). The predicted octanol–water partition coefficient (Wildman–Crippen LogP) is 3.87. The Balaban J connectivity index is 1.32. The third kappa shape index (κ3) is 4.30. The summed E-state index contributed by atoms with van der Waals surface area (Å²) in [6.45, 7) is 4.69. The van der Waals surface area contributed by atoms with Gasteiger partial charge in [-0.25, -0.2) is 9.79 Å². The van der Waals surface area contributed by atoms with Crippen LogP contribution in [0.2, 0.25) is 0 Å². The van der Waals surface area contributed by atoms with Crippen LogP contribution in [0.25, 0.3) is 0 Å². The SMILES string of the molecule is CC1CN(Cc2ccccn2)CC1C1=NC2=CN(c3ccc(C(F)(F)F)cc3)CN2C(=O)N1. The van der Waals surface area contributed by atoms with Gasteiger partial charge in [0.05, 0.1) is 11.3 Å². The molecule has 0 aliphatic carbocycles. The van der Waals surface area contributed by atoms with Gasteiger partial charge in [-0.3, -0.25) is 20.1 Å². The van der Waals surface area contributed by atoms with Gasteiger partial charge >= 0.3 is 12.2 Å². The van der Waals surface area contributed by atoms with Crippen molar-refractivity contribution in [3.8, 4) is 0 Å². The summed E-state index contributed by atoms with van der Waals surface area (Å²) < 4.78 is 38.6. The standard InChI is InChI=1S/C23H23F3N6O/c1-15-10-30(11-17-4-2-3-9-27-17)12-19(15)21-28-20-13-31(14-32(20)22(33)29-21)18-7-5-16(6-8-18)23(24,25)26/h2-9,13,15,19H,10-12,14H2,1H3,(H,28,29,33). The highest BCUT2D eigenvalue weighted by atomic mass is 19.4. The molecule has 2 amide bonds. The zero-order valence-corrected chi connectivity index (χ0v) is 18.0. The first kappa shape index (κ1) is 21.4. The number of benzene rings is 1. The van der Waals surface area contributed by atoms with E-state index >= 15 is 0 Å². The molecule has 1 aromatic carbocycles. The number of hydrogen-bond donors (Lipinski definition) is 1. The Hall–Kier alpha value is -3.40. The molecule has 1 saturated heterocycles. The van der Waals surface area contributed by atoms with Gasteiger partial charge < -0.3 is 4.90 Å². The molecule has 2 unspecified atom stereocenters. The Morgan fingerprint density at radius 2 is 1.91 bits per heavy atom. The summed E-state index contributed by atoms with van der Waals surface area (Å²) in [5, 5.41) is 2.92. The van der Waals surface area contributed by atoms with Crippen molar-refractivity contribution in [1.29, 1.82) is 0 Å². The predicted molar refractivity (Wildman–Crippen MR) is 117 cm³/mol. The van der Waals surface area contributed by atoms with Gasteiger partial charge in [-0.15, -0.1) is 0 Å². The topological polar surface area (TPSA) is 64.1 Å². The minimum absolute atomic E-state index is 0.0702. The number of amidine groups is 1. The second kappa shape index (κ2) is 8.18. The van der Waals surface area contributed by atoms with Crippen LogP contribution in [-0.2, 0) is 12.7 Å². The number of hydrogen-bond acceptors (Lipinski definition) is 5. The number of alkyl halides is 3. The van der Waals surface area contributed by atoms with E-state index in [4.69, 9.17) is 4.99 Å². The van der Waals surface area contributed by atoms with Crippen LogP contribution in [0.1, 0.15) is 18.2 Å². The number of rotatable bonds is 4. The number of carbonyl (C=O) groups is 1. The Morgan fingerprint density at radius 3 is 2.61 bits per heavy atom. The fourth-order valence-corrected chi connectivity index (χ4v) is 4.51. The van der Waals surface area contributed by atoms with Crippen molar-refractivity contribution < 1.29 is 18.0 Å². The van der Waals surface area contributed by atoms with Crippen molar-refractivity contribution in [3.05, 3.63) is 71.9 Å². The number of nitrogens with one attached hydrogen (secondary N) is 1. The van der Waals surface area contributed by atoms with Crippen LogP contribution >= 0.6 is 0 Å². The number of aromatic nitrogens is 1. The van der Waals surface area contributed by atoms with Gasteiger partial charge in [-0.1, -0.05) is 13.0 Å². The van der Waals surface area contributed by atoms with Crippen molar-refractivity contribution in [3.63, 3.8) is 0 Å². The van der Waals surface area contributed by atoms with Crippen molar-refractivity contribution in [2.24, 2.45) is 16.8 Å². The maximum Gasteiger partial charge on any atom is 0.416 e. The Bertz CT molecular complexity index is 1100. The summed E-state index contributed by atoms with van der Waals surface area (Å²) in [4.78, 5) is 27.4. The summed E-state index contributed by atoms with van der Waals surface area (Å²) >= 11 is 0. The van der Waals surface area contributed by atoms with E-state index in [9.17, 15) is 18.0 Å². The largest absolute Gasteiger partial charge is 0.416 e. The average Bonchev–Trinajstić information content (AvgIpc) is 3.37. The van der Waals surface area contributed by atoms with Crippen molar-refractivity contribution in [1.82, 2.24) is 20.1 Å². The molecule has 2 atom stereocenters. The van der Waals surface area contributed by atoms with Crippen LogP contribution in [0.5, 0.6) is 0 Å². The van der Waals surface area contributed by atoms with E-state index in [1.165, 1.54) is 17.0 Å². The lowest BCUT2D eigenvalue weighted by Crippen LogP contribution is -2.49. The molecule has 0 spiro atoms. The molecule has 3 aliphatic heterocycles. The lowest BCUT2D eigenvalue weighted by Gasteiger charge is -2.28. The molecule has 7 nitrogen and oxygen atoms in total. The second-order valence-electron chi connectivity index (χ2n) is 8.60. The van der Waals surface area contributed by atoms with E-state index in [2.05, 4.69) is 22.1 Å². The number of nitrogens with zero attached hydrogens (tertiary/aromatic N) is 5. The average molecular weight is 456 g/mol. The fraction of sp³-hybridized carbons (Fsp3) is 0.348. The monoisotopic (exact) mass is 456 g/mol. The van der Waals surface area contributed by atoms with Gasteiger partial charge in [0.25, 0.3) is 0 Å². The smallest absolute Gasteiger partial charge is 0.326 e. The maximum atomic E-state index is 12.9. The second-order valence-corrected chi connectivity index (χ2v) is 8.60. The molecule has 2 aromatic rings. The number of urea groups is 1. The molecular weight excluding hydrogens is 433 g/mol. The van der Waals surface area contributed by atoms with E-state index in [1.54, 1.807) is 17.3 Å². The highest BCUT2D eigenvalue weighted by Gasteiger charge is 2.39. The van der Waals surface area contributed by atoms with Gasteiger partial charge in [0.15, 0.2) is 5.82 Å². The minimum atomic E-state index is -4.39. The van der Waals surface area contributed by atoms with Gasteiger partial charge in [0, 0.05) is 43.6 Å². The van der Waals surface area contributed by atoms with Crippen LogP contribution < -0.4 is 10.2 Å². The highest BCUT2D eigenvalue weighted by Crippen LogP contribution is 2.33. The molecule has 1 fully saturated rings. The molecule has 0 bridgehead atoms. The van der Waals surface area contributed by atoms with Crippen LogP contribution in [0.3, 0.4) is 0 Å². The highest BCUT2D eigenvalue weighted by molar-refractivity contribution is 6.02. The number of carbonyl (C=O) groups excluding carboxylic acids is 1. The fourth-order valence-electron chi connectivity index (χ4n) is 4.51. The molecule has 0 saturated carbocycles. The van der Waals surface area contributed by atoms with Crippen molar-refractivity contribution >= 4 is 17.6 Å². The Labute approximate surface area is 189 Å². The molecule has 0 radical (unpaired) electrons. The van der Waals surface area contributed by atoms with Crippen LogP contribution in [-0.4, -0.2) is 46.4 Å². The summed E-state index contributed by atoms with van der Waals surface area (Å²) in [7, 11) is 0.